The van der Waals surface area contributed by atoms with Gasteiger partial charge in [-0.1, -0.05) is 25.1 Å². The average molecular weight is 407 g/mol. The number of hydrogen-bond donors (Lipinski definition) is 1. The molecule has 0 radical (unpaired) electrons. The predicted molar refractivity (Wildman–Crippen MR) is 114 cm³/mol. The second-order valence-electron chi connectivity index (χ2n) is 7.67. The van der Waals surface area contributed by atoms with E-state index in [9.17, 15) is 14.7 Å². The molecule has 1 atom stereocenters. The Hall–Kier alpha value is -3.12. The van der Waals surface area contributed by atoms with E-state index in [1.807, 2.05) is 51.1 Å². The number of rotatable bonds is 6. The highest BCUT2D eigenvalue weighted by molar-refractivity contribution is 5.99. The van der Waals surface area contributed by atoms with Gasteiger partial charge in [-0.15, -0.1) is 0 Å². The largest absolute Gasteiger partial charge is 0.494 e. The third-order valence-electron chi connectivity index (χ3n) is 5.40. The molecule has 0 aliphatic carbocycles. The van der Waals surface area contributed by atoms with Gasteiger partial charge in [-0.3, -0.25) is 9.59 Å². The van der Waals surface area contributed by atoms with Crippen LogP contribution in [0.25, 0.3) is 11.0 Å². The molecule has 2 aromatic carbocycles. The van der Waals surface area contributed by atoms with Crippen LogP contribution >= 0.6 is 0 Å². The van der Waals surface area contributed by atoms with Crippen molar-refractivity contribution in [2.24, 2.45) is 0 Å². The first-order valence-corrected chi connectivity index (χ1v) is 10.2. The molecule has 1 aromatic heterocycles. The molecule has 1 aliphatic rings. The van der Waals surface area contributed by atoms with Crippen molar-refractivity contribution in [2.45, 2.75) is 33.2 Å². The summed E-state index contributed by atoms with van der Waals surface area (Å²) in [6, 6.07) is 10.5. The molecule has 30 heavy (non-hydrogen) atoms. The summed E-state index contributed by atoms with van der Waals surface area (Å²) in [4.78, 5) is 28.2. The number of amides is 1. The van der Waals surface area contributed by atoms with E-state index in [4.69, 9.17) is 9.15 Å². The Morgan fingerprint density at radius 1 is 1.17 bits per heavy atom. The SMILES string of the molecule is CCCOc1cccc(C2c3c(oc4cc(C)cc(C)c4c3=O)C(=O)N2CCO)c1. The van der Waals surface area contributed by atoms with Crippen molar-refractivity contribution in [3.63, 3.8) is 0 Å². The molecule has 0 fully saturated rings. The third kappa shape index (κ3) is 3.27. The quantitative estimate of drug-likeness (QED) is 0.673. The summed E-state index contributed by atoms with van der Waals surface area (Å²) in [5, 5.41) is 10.1. The highest BCUT2D eigenvalue weighted by Crippen LogP contribution is 2.39. The zero-order valence-electron chi connectivity index (χ0n) is 17.4. The van der Waals surface area contributed by atoms with Crippen molar-refractivity contribution >= 4 is 16.9 Å². The van der Waals surface area contributed by atoms with Crippen LogP contribution in [0.2, 0.25) is 0 Å². The summed E-state index contributed by atoms with van der Waals surface area (Å²) in [6.07, 6.45) is 0.875. The fourth-order valence-corrected chi connectivity index (χ4v) is 4.19. The molecular formula is C24H25NO5. The number of aliphatic hydroxyl groups excluding tert-OH is 1. The molecule has 1 N–H and O–H groups in total. The number of carbonyl (C=O) groups excluding carboxylic acids is 1. The van der Waals surface area contributed by atoms with Crippen LogP contribution in [0.1, 0.15) is 52.2 Å². The summed E-state index contributed by atoms with van der Waals surface area (Å²) in [7, 11) is 0. The van der Waals surface area contributed by atoms with Crippen molar-refractivity contribution in [1.82, 2.24) is 4.90 Å². The summed E-state index contributed by atoms with van der Waals surface area (Å²) in [5.74, 6) is 0.342. The summed E-state index contributed by atoms with van der Waals surface area (Å²) < 4.78 is 11.7. The lowest BCUT2D eigenvalue weighted by atomic mass is 9.96. The van der Waals surface area contributed by atoms with Crippen LogP contribution < -0.4 is 10.2 Å². The van der Waals surface area contributed by atoms with E-state index in [1.165, 1.54) is 4.90 Å². The number of β-amino-alcohol motifs (C(OH)–C–C–N with tert-alkyl or cyclic N) is 1. The molecule has 0 spiro atoms. The van der Waals surface area contributed by atoms with Crippen molar-refractivity contribution in [2.75, 3.05) is 19.8 Å². The van der Waals surface area contributed by atoms with Gasteiger partial charge in [0.15, 0.2) is 5.43 Å². The Balaban J connectivity index is 1.95. The zero-order chi connectivity index (χ0) is 21.4. The molecule has 1 amide bonds. The second kappa shape index (κ2) is 7.95. The van der Waals surface area contributed by atoms with Crippen LogP contribution in [0.5, 0.6) is 5.75 Å². The number of aryl methyl sites for hydroxylation is 2. The van der Waals surface area contributed by atoms with E-state index >= 15 is 0 Å². The first-order chi connectivity index (χ1) is 14.5. The molecule has 6 heteroatoms. The maximum Gasteiger partial charge on any atom is 0.290 e. The number of aliphatic hydroxyl groups is 1. The molecule has 0 saturated heterocycles. The van der Waals surface area contributed by atoms with Gasteiger partial charge in [0.25, 0.3) is 5.91 Å². The van der Waals surface area contributed by atoms with E-state index < -0.39 is 6.04 Å². The molecule has 6 nitrogen and oxygen atoms in total. The molecule has 156 valence electrons. The summed E-state index contributed by atoms with van der Waals surface area (Å²) in [5.41, 5.74) is 3.05. The van der Waals surface area contributed by atoms with Crippen molar-refractivity contribution in [3.8, 4) is 5.75 Å². The average Bonchev–Trinajstić information content (AvgIpc) is 2.99. The molecule has 0 bridgehead atoms. The lowest BCUT2D eigenvalue weighted by molar-refractivity contribution is 0.0691. The van der Waals surface area contributed by atoms with Gasteiger partial charge in [0.1, 0.15) is 11.3 Å². The number of nitrogens with zero attached hydrogens (tertiary/aromatic N) is 1. The summed E-state index contributed by atoms with van der Waals surface area (Å²) in [6.45, 7) is 6.28. The lowest BCUT2D eigenvalue weighted by Crippen LogP contribution is -2.32. The van der Waals surface area contributed by atoms with E-state index in [0.29, 0.717) is 28.9 Å². The lowest BCUT2D eigenvalue weighted by Gasteiger charge is -2.24. The Labute approximate surface area is 174 Å². The van der Waals surface area contributed by atoms with Gasteiger partial charge in [0, 0.05) is 6.54 Å². The molecule has 1 unspecified atom stereocenters. The van der Waals surface area contributed by atoms with Gasteiger partial charge in [-0.2, -0.15) is 0 Å². The Morgan fingerprint density at radius 3 is 2.70 bits per heavy atom. The van der Waals surface area contributed by atoms with E-state index in [2.05, 4.69) is 0 Å². The second-order valence-corrected chi connectivity index (χ2v) is 7.67. The number of carbonyl (C=O) groups is 1. The standard InChI is InChI=1S/C24H25NO5/c1-4-10-29-17-7-5-6-16(13-17)21-20-22(27)19-15(3)11-14(2)12-18(19)30-23(20)24(28)25(21)8-9-26/h5-7,11-13,21,26H,4,8-10H2,1-3H3. The van der Waals surface area contributed by atoms with Gasteiger partial charge in [-0.05, 0) is 55.2 Å². The molecular weight excluding hydrogens is 382 g/mol. The Bertz CT molecular complexity index is 1180. The molecule has 4 rings (SSSR count). The van der Waals surface area contributed by atoms with Crippen molar-refractivity contribution in [3.05, 3.63) is 74.6 Å². The van der Waals surface area contributed by atoms with E-state index in [1.54, 1.807) is 6.07 Å². The van der Waals surface area contributed by atoms with Crippen molar-refractivity contribution in [1.29, 1.82) is 0 Å². The molecule has 3 aromatic rings. The Morgan fingerprint density at radius 2 is 1.97 bits per heavy atom. The van der Waals surface area contributed by atoms with Crippen LogP contribution in [0.4, 0.5) is 0 Å². The normalized spacial score (nSPS) is 15.7. The van der Waals surface area contributed by atoms with Gasteiger partial charge < -0.3 is 19.2 Å². The van der Waals surface area contributed by atoms with Gasteiger partial charge >= 0.3 is 0 Å². The summed E-state index contributed by atoms with van der Waals surface area (Å²) >= 11 is 0. The minimum Gasteiger partial charge on any atom is -0.494 e. The molecule has 2 heterocycles. The number of fused-ring (bicyclic) bond motifs is 2. The van der Waals surface area contributed by atoms with E-state index in [0.717, 1.165) is 23.1 Å². The van der Waals surface area contributed by atoms with Crippen LogP contribution in [0, 0.1) is 13.8 Å². The number of benzene rings is 2. The topological polar surface area (TPSA) is 80.0 Å². The van der Waals surface area contributed by atoms with Crippen LogP contribution in [0.15, 0.2) is 45.6 Å². The van der Waals surface area contributed by atoms with Gasteiger partial charge in [0.05, 0.1) is 30.2 Å². The minimum atomic E-state index is -0.633. The fraction of sp³-hybridized carbons (Fsp3) is 0.333. The molecule has 0 saturated carbocycles. The Kier molecular flexibility index (Phi) is 5.35. The minimum absolute atomic E-state index is 0.0517. The third-order valence-corrected chi connectivity index (χ3v) is 5.40. The van der Waals surface area contributed by atoms with Crippen molar-refractivity contribution < 1.29 is 19.1 Å². The molecule has 1 aliphatic heterocycles. The highest BCUT2D eigenvalue weighted by Gasteiger charge is 2.42. The van der Waals surface area contributed by atoms with Crippen LogP contribution in [0.3, 0.4) is 0 Å². The first kappa shape index (κ1) is 20.2. The van der Waals surface area contributed by atoms with Gasteiger partial charge in [0.2, 0.25) is 5.76 Å². The zero-order valence-corrected chi connectivity index (χ0v) is 17.4. The first-order valence-electron chi connectivity index (χ1n) is 10.2. The highest BCUT2D eigenvalue weighted by atomic mass is 16.5. The fourth-order valence-electron chi connectivity index (χ4n) is 4.19. The van der Waals surface area contributed by atoms with Gasteiger partial charge in [-0.25, -0.2) is 0 Å². The maximum absolute atomic E-state index is 13.6. The monoisotopic (exact) mass is 407 g/mol. The smallest absolute Gasteiger partial charge is 0.290 e. The predicted octanol–water partition coefficient (Wildman–Crippen LogP) is 3.74. The van der Waals surface area contributed by atoms with E-state index in [-0.39, 0.29) is 30.2 Å². The maximum atomic E-state index is 13.6. The van der Waals surface area contributed by atoms with Crippen LogP contribution in [-0.4, -0.2) is 35.7 Å². The van der Waals surface area contributed by atoms with Crippen LogP contribution in [-0.2, 0) is 0 Å². The number of hydrogen-bond acceptors (Lipinski definition) is 5. The number of ether oxygens (including phenoxy) is 1.